The first-order valence-corrected chi connectivity index (χ1v) is 12.6. The number of para-hydroxylation sites is 2. The minimum Gasteiger partial charge on any atom is -0.301 e. The van der Waals surface area contributed by atoms with E-state index < -0.39 is 0 Å². The van der Waals surface area contributed by atoms with Gasteiger partial charge in [0.2, 0.25) is 0 Å². The van der Waals surface area contributed by atoms with Crippen molar-refractivity contribution in [3.8, 4) is 0 Å². The maximum atomic E-state index is 5.25. The quantitative estimate of drug-likeness (QED) is 0.361. The second-order valence-electron chi connectivity index (χ2n) is 10.4. The number of nitrogens with zero attached hydrogens (tertiary/aromatic N) is 4. The Balaban J connectivity index is 1.85. The van der Waals surface area contributed by atoms with Gasteiger partial charge in [-0.25, -0.2) is 9.97 Å². The van der Waals surface area contributed by atoms with Crippen LogP contribution in [0.3, 0.4) is 0 Å². The van der Waals surface area contributed by atoms with Crippen LogP contribution < -0.4 is 9.80 Å². The van der Waals surface area contributed by atoms with Crippen LogP contribution >= 0.6 is 0 Å². The van der Waals surface area contributed by atoms with Gasteiger partial charge in [-0.1, -0.05) is 77.1 Å². The van der Waals surface area contributed by atoms with E-state index >= 15 is 0 Å². The van der Waals surface area contributed by atoms with E-state index in [1.165, 1.54) is 11.3 Å². The average molecular weight is 453 g/mol. The van der Waals surface area contributed by atoms with Crippen LogP contribution in [-0.2, 0) is 11.8 Å². The summed E-state index contributed by atoms with van der Waals surface area (Å²) in [5.74, 6) is 2.43. The fraction of sp³-hybridized carbons (Fsp3) is 0.400. The van der Waals surface area contributed by atoms with E-state index in [9.17, 15) is 0 Å². The van der Waals surface area contributed by atoms with Crippen molar-refractivity contribution in [3.05, 3.63) is 84.7 Å². The van der Waals surface area contributed by atoms with E-state index in [1.807, 2.05) is 6.20 Å². The molecule has 0 fully saturated rings. The fourth-order valence-electron chi connectivity index (χ4n) is 6.45. The standard InChI is InChI=1S/C30H36N4/c1-7-29(6)28-33(23-15-11-10-12-16-23)26-27(32-22(20-31-26)19-21(4)5)34(28)25-18-14-13-17-24(25)30(29,8-2)9-3/h8,10-18,20-21,28H,2,7,9,19H2,1,3-6H3. The molecule has 2 aliphatic heterocycles. The highest BCUT2D eigenvalue weighted by Gasteiger charge is 2.61. The Morgan fingerprint density at radius 1 is 0.971 bits per heavy atom. The zero-order valence-corrected chi connectivity index (χ0v) is 21.1. The highest BCUT2D eigenvalue weighted by atomic mass is 15.5. The maximum Gasteiger partial charge on any atom is 0.178 e. The zero-order valence-electron chi connectivity index (χ0n) is 21.1. The van der Waals surface area contributed by atoms with Gasteiger partial charge in [-0.2, -0.15) is 0 Å². The van der Waals surface area contributed by atoms with Gasteiger partial charge in [0, 0.05) is 22.2 Å². The van der Waals surface area contributed by atoms with Crippen molar-refractivity contribution in [3.63, 3.8) is 0 Å². The lowest BCUT2D eigenvalue weighted by Crippen LogP contribution is -2.62. The Morgan fingerprint density at radius 2 is 1.68 bits per heavy atom. The molecule has 3 unspecified atom stereocenters. The molecule has 0 amide bonds. The first-order valence-electron chi connectivity index (χ1n) is 12.6. The number of allylic oxidation sites excluding steroid dienone is 1. The van der Waals surface area contributed by atoms with Crippen LogP contribution in [0.5, 0.6) is 0 Å². The third kappa shape index (κ3) is 2.97. The SMILES string of the molecule is C=CC1(CC)c2ccccc2N2c3nc(CC(C)C)cnc3N(c3ccccc3)C2C1(C)CC. The minimum absolute atomic E-state index is 0.0389. The number of fused-ring (bicyclic) bond motifs is 5. The molecule has 34 heavy (non-hydrogen) atoms. The van der Waals surface area contributed by atoms with E-state index in [2.05, 4.69) is 112 Å². The van der Waals surface area contributed by atoms with Gasteiger partial charge in [-0.05, 0) is 48.9 Å². The Morgan fingerprint density at radius 3 is 2.32 bits per heavy atom. The summed E-state index contributed by atoms with van der Waals surface area (Å²) in [6.45, 7) is 15.9. The number of hydrogen-bond acceptors (Lipinski definition) is 4. The fourth-order valence-corrected chi connectivity index (χ4v) is 6.45. The van der Waals surface area contributed by atoms with Crippen LogP contribution in [0.15, 0.2) is 73.4 Å². The van der Waals surface area contributed by atoms with E-state index in [0.717, 1.165) is 42.3 Å². The van der Waals surface area contributed by atoms with Crippen molar-refractivity contribution in [1.82, 2.24) is 9.97 Å². The molecule has 2 aromatic carbocycles. The molecule has 0 bridgehead atoms. The highest BCUT2D eigenvalue weighted by Crippen LogP contribution is 2.64. The predicted molar refractivity (Wildman–Crippen MR) is 142 cm³/mol. The summed E-state index contributed by atoms with van der Waals surface area (Å²) in [6, 6.07) is 19.5. The first kappa shape index (κ1) is 22.6. The highest BCUT2D eigenvalue weighted by molar-refractivity contribution is 5.87. The van der Waals surface area contributed by atoms with Crippen LogP contribution in [0.1, 0.15) is 58.7 Å². The van der Waals surface area contributed by atoms with Crippen LogP contribution in [0.2, 0.25) is 0 Å². The van der Waals surface area contributed by atoms with Gasteiger partial charge >= 0.3 is 0 Å². The largest absolute Gasteiger partial charge is 0.301 e. The lowest BCUT2D eigenvalue weighted by atomic mass is 9.54. The second kappa shape index (κ2) is 8.26. The van der Waals surface area contributed by atoms with Crippen LogP contribution in [0, 0.1) is 11.3 Å². The molecule has 5 rings (SSSR count). The molecular weight excluding hydrogens is 416 g/mol. The Bertz CT molecular complexity index is 1200. The molecule has 0 saturated carbocycles. The summed E-state index contributed by atoms with van der Waals surface area (Å²) < 4.78 is 0. The van der Waals surface area contributed by atoms with Crippen LogP contribution in [-0.4, -0.2) is 16.1 Å². The number of anilines is 4. The molecule has 2 aliphatic rings. The maximum absolute atomic E-state index is 5.25. The molecule has 3 aromatic rings. The summed E-state index contributed by atoms with van der Waals surface area (Å²) >= 11 is 0. The Hall–Kier alpha value is -3.14. The topological polar surface area (TPSA) is 32.3 Å². The lowest BCUT2D eigenvalue weighted by molar-refractivity contribution is 0.120. The van der Waals surface area contributed by atoms with Crippen LogP contribution in [0.4, 0.5) is 23.0 Å². The number of hydrogen-bond donors (Lipinski definition) is 0. The van der Waals surface area contributed by atoms with E-state index in [-0.39, 0.29) is 17.0 Å². The van der Waals surface area contributed by atoms with Gasteiger partial charge in [0.15, 0.2) is 11.6 Å². The molecule has 0 aliphatic carbocycles. The predicted octanol–water partition coefficient (Wildman–Crippen LogP) is 7.55. The molecule has 1 aromatic heterocycles. The molecule has 176 valence electrons. The van der Waals surface area contributed by atoms with Crippen molar-refractivity contribution >= 4 is 23.0 Å². The smallest absolute Gasteiger partial charge is 0.178 e. The Labute approximate surface area is 204 Å². The first-order chi connectivity index (χ1) is 16.4. The summed E-state index contributed by atoms with van der Waals surface area (Å²) in [5, 5.41) is 0. The Kier molecular flexibility index (Phi) is 5.50. The van der Waals surface area contributed by atoms with Crippen molar-refractivity contribution in [2.45, 2.75) is 65.5 Å². The van der Waals surface area contributed by atoms with E-state index in [0.29, 0.717) is 5.92 Å². The second-order valence-corrected chi connectivity index (χ2v) is 10.4. The molecule has 0 spiro atoms. The van der Waals surface area contributed by atoms with Gasteiger partial charge < -0.3 is 9.80 Å². The number of aromatic nitrogens is 2. The number of rotatable bonds is 6. The average Bonchev–Trinajstić information content (AvgIpc) is 3.20. The van der Waals surface area contributed by atoms with E-state index in [1.54, 1.807) is 0 Å². The summed E-state index contributed by atoms with van der Waals surface area (Å²) in [5.41, 5.74) is 4.45. The van der Waals surface area contributed by atoms with Gasteiger partial charge in [0.05, 0.1) is 11.9 Å². The summed E-state index contributed by atoms with van der Waals surface area (Å²) in [4.78, 5) is 15.2. The molecule has 0 radical (unpaired) electrons. The minimum atomic E-state index is -0.171. The van der Waals surface area contributed by atoms with Crippen molar-refractivity contribution < 1.29 is 0 Å². The molecule has 0 N–H and O–H groups in total. The molecule has 4 heteroatoms. The zero-order chi connectivity index (χ0) is 24.1. The van der Waals surface area contributed by atoms with Crippen molar-refractivity contribution in [2.24, 2.45) is 11.3 Å². The third-order valence-corrected chi connectivity index (χ3v) is 8.26. The molecule has 0 saturated heterocycles. The molecule has 4 nitrogen and oxygen atoms in total. The third-order valence-electron chi connectivity index (χ3n) is 8.26. The van der Waals surface area contributed by atoms with Gasteiger partial charge in [-0.15, -0.1) is 6.58 Å². The van der Waals surface area contributed by atoms with Crippen LogP contribution in [0.25, 0.3) is 0 Å². The van der Waals surface area contributed by atoms with Crippen molar-refractivity contribution in [1.29, 1.82) is 0 Å². The molecular formula is C30H36N4. The lowest BCUT2D eigenvalue weighted by Gasteiger charge is -2.58. The van der Waals surface area contributed by atoms with E-state index in [4.69, 9.17) is 9.97 Å². The van der Waals surface area contributed by atoms with Gasteiger partial charge in [0.1, 0.15) is 6.17 Å². The van der Waals surface area contributed by atoms with Gasteiger partial charge in [0.25, 0.3) is 0 Å². The molecule has 3 heterocycles. The summed E-state index contributed by atoms with van der Waals surface area (Å²) in [7, 11) is 0. The van der Waals surface area contributed by atoms with Crippen molar-refractivity contribution in [2.75, 3.05) is 9.80 Å². The molecule has 3 atom stereocenters. The monoisotopic (exact) mass is 452 g/mol. The van der Waals surface area contributed by atoms with Gasteiger partial charge in [-0.3, -0.25) is 0 Å². The summed E-state index contributed by atoms with van der Waals surface area (Å²) in [6.07, 6.45) is 7.13. The number of benzene rings is 2. The normalized spacial score (nSPS) is 25.2.